The van der Waals surface area contributed by atoms with Crippen molar-refractivity contribution in [3.8, 4) is 11.4 Å². The lowest BCUT2D eigenvalue weighted by Gasteiger charge is -2.23. The van der Waals surface area contributed by atoms with Gasteiger partial charge in [0.05, 0.1) is 27.3 Å². The van der Waals surface area contributed by atoms with E-state index in [1.807, 2.05) is 12.4 Å². The minimum absolute atomic E-state index is 0.201. The third-order valence-corrected chi connectivity index (χ3v) is 8.30. The van der Waals surface area contributed by atoms with Gasteiger partial charge < -0.3 is 4.40 Å². The Hall–Kier alpha value is -4.19. The van der Waals surface area contributed by atoms with Crippen LogP contribution in [0, 0.1) is 13.8 Å². The molecule has 5 aromatic heterocycles. The summed E-state index contributed by atoms with van der Waals surface area (Å²) in [5.41, 5.74) is 7.99. The van der Waals surface area contributed by atoms with Crippen LogP contribution in [-0.4, -0.2) is 24.3 Å². The van der Waals surface area contributed by atoms with Gasteiger partial charge in [-0.1, -0.05) is 41.5 Å². The van der Waals surface area contributed by atoms with E-state index in [1.54, 1.807) is 0 Å². The molecule has 0 aliphatic carbocycles. The van der Waals surface area contributed by atoms with E-state index < -0.39 is 0 Å². The molecule has 0 unspecified atom stereocenters. The summed E-state index contributed by atoms with van der Waals surface area (Å²) in [7, 11) is 2.15. The first kappa shape index (κ1) is 24.8. The SMILES string of the molecule is Cc1cc2c3cnccc3n3c4cc(-c5nc(C(C)(C)C)nc(C(C)(C)C)n5)cc5cc[n+](C)c(c(c1C)c23)c54. The smallest absolute Gasteiger partial charge is 0.224 e. The third-order valence-electron chi connectivity index (χ3n) is 8.30. The van der Waals surface area contributed by atoms with Crippen LogP contribution in [0.2, 0.25) is 0 Å². The molecule has 0 fully saturated rings. The average Bonchev–Trinajstić information content (AvgIpc) is 3.22. The van der Waals surface area contributed by atoms with E-state index in [9.17, 15) is 0 Å². The molecule has 6 nitrogen and oxygen atoms in total. The number of benzene rings is 2. The molecule has 0 spiro atoms. The van der Waals surface area contributed by atoms with Crippen LogP contribution in [0.15, 0.2) is 48.9 Å². The number of fused-ring (bicyclic) bond motifs is 5. The topological polar surface area (TPSA) is 59.9 Å². The van der Waals surface area contributed by atoms with Gasteiger partial charge in [0, 0.05) is 45.6 Å². The largest absolute Gasteiger partial charge is 0.307 e. The Labute approximate surface area is 234 Å². The van der Waals surface area contributed by atoms with Gasteiger partial charge in [0.1, 0.15) is 18.7 Å². The third kappa shape index (κ3) is 3.38. The van der Waals surface area contributed by atoms with Gasteiger partial charge in [0.15, 0.2) is 12.0 Å². The number of nitrogens with zero attached hydrogens (tertiary/aromatic N) is 6. The highest BCUT2D eigenvalue weighted by molar-refractivity contribution is 6.26. The van der Waals surface area contributed by atoms with E-state index >= 15 is 0 Å². The molecule has 6 heteroatoms. The monoisotopic (exact) mass is 527 g/mol. The van der Waals surface area contributed by atoms with Gasteiger partial charge in [0.2, 0.25) is 5.52 Å². The zero-order valence-electron chi connectivity index (χ0n) is 24.8. The van der Waals surface area contributed by atoms with Crippen LogP contribution in [0.4, 0.5) is 0 Å². The highest BCUT2D eigenvalue weighted by Crippen LogP contribution is 2.42. The molecule has 0 aliphatic heterocycles. The molecule has 7 rings (SSSR count). The molecule has 0 radical (unpaired) electrons. The number of aryl methyl sites for hydroxylation is 3. The van der Waals surface area contributed by atoms with Gasteiger partial charge in [-0.25, -0.2) is 19.5 Å². The number of rotatable bonds is 1. The van der Waals surface area contributed by atoms with Crippen LogP contribution in [0.1, 0.15) is 64.3 Å². The number of hydrogen-bond donors (Lipinski definition) is 0. The van der Waals surface area contributed by atoms with Crippen LogP contribution < -0.4 is 4.57 Å². The van der Waals surface area contributed by atoms with Gasteiger partial charge in [-0.3, -0.25) is 4.98 Å². The second-order valence-corrected chi connectivity index (χ2v) is 13.4. The van der Waals surface area contributed by atoms with Crippen molar-refractivity contribution < 1.29 is 4.57 Å². The number of aromatic nitrogens is 6. The first-order valence-electron chi connectivity index (χ1n) is 14.0. The number of pyridine rings is 3. The molecule has 2 aromatic carbocycles. The lowest BCUT2D eigenvalue weighted by Crippen LogP contribution is -2.29. The van der Waals surface area contributed by atoms with Crippen molar-refractivity contribution >= 4 is 49.0 Å². The van der Waals surface area contributed by atoms with Crippen LogP contribution in [0.5, 0.6) is 0 Å². The summed E-state index contributed by atoms with van der Waals surface area (Å²) >= 11 is 0. The Balaban J connectivity index is 1.71. The van der Waals surface area contributed by atoms with Crippen molar-refractivity contribution in [2.75, 3.05) is 0 Å². The van der Waals surface area contributed by atoms with Crippen molar-refractivity contribution in [1.82, 2.24) is 24.3 Å². The predicted molar refractivity (Wildman–Crippen MR) is 163 cm³/mol. The summed E-state index contributed by atoms with van der Waals surface area (Å²) in [6.45, 7) is 17.4. The maximum absolute atomic E-state index is 5.05. The van der Waals surface area contributed by atoms with E-state index in [1.165, 1.54) is 49.1 Å². The van der Waals surface area contributed by atoms with Crippen molar-refractivity contribution in [2.24, 2.45) is 7.05 Å². The van der Waals surface area contributed by atoms with Crippen LogP contribution in [0.3, 0.4) is 0 Å². The quantitative estimate of drug-likeness (QED) is 0.128. The zero-order chi connectivity index (χ0) is 28.3. The standard InChI is InChI=1S/C34H35N6/c1-18-14-22-23-17-35-12-10-24(23)40-25-16-21(30-36-31(33(3,4)5)38-32(37-30)34(6,7)8)15-20-11-13-39(9)29(27(20)25)26(19(18)2)28(22)40/h10-17H,1-9H3/q+1. The summed E-state index contributed by atoms with van der Waals surface area (Å²) in [4.78, 5) is 19.5. The molecule has 5 heterocycles. The molecular formula is C34H35N6+. The molecule has 0 N–H and O–H groups in total. The summed E-state index contributed by atoms with van der Waals surface area (Å²) < 4.78 is 4.70. The van der Waals surface area contributed by atoms with Gasteiger partial charge in [-0.15, -0.1) is 0 Å². The lowest BCUT2D eigenvalue weighted by molar-refractivity contribution is -0.643. The maximum Gasteiger partial charge on any atom is 0.224 e. The lowest BCUT2D eigenvalue weighted by atomic mass is 9.92. The van der Waals surface area contributed by atoms with Gasteiger partial charge in [-0.05, 0) is 54.6 Å². The van der Waals surface area contributed by atoms with Crippen LogP contribution >= 0.6 is 0 Å². The van der Waals surface area contributed by atoms with Crippen molar-refractivity contribution in [2.45, 2.75) is 66.2 Å². The van der Waals surface area contributed by atoms with Crippen LogP contribution in [0.25, 0.3) is 60.4 Å². The fourth-order valence-corrected chi connectivity index (χ4v) is 6.05. The van der Waals surface area contributed by atoms with E-state index in [0.717, 1.165) is 34.1 Å². The summed E-state index contributed by atoms with van der Waals surface area (Å²) in [6.07, 6.45) is 6.07. The number of hydrogen-bond acceptors (Lipinski definition) is 4. The Morgan fingerprint density at radius 2 is 1.48 bits per heavy atom. The second-order valence-electron chi connectivity index (χ2n) is 13.4. The minimum atomic E-state index is -0.201. The minimum Gasteiger partial charge on any atom is -0.307 e. The van der Waals surface area contributed by atoms with Crippen molar-refractivity contribution in [3.63, 3.8) is 0 Å². The Bertz CT molecular complexity index is 2120. The van der Waals surface area contributed by atoms with E-state index in [0.29, 0.717) is 0 Å². The summed E-state index contributed by atoms with van der Waals surface area (Å²) in [5.74, 6) is 2.35. The second kappa shape index (κ2) is 7.94. The van der Waals surface area contributed by atoms with Gasteiger partial charge >= 0.3 is 0 Å². The Kier molecular flexibility index (Phi) is 4.92. The molecule has 0 amide bonds. The van der Waals surface area contributed by atoms with Crippen molar-refractivity contribution in [3.05, 3.63) is 71.7 Å². The molecule has 0 atom stereocenters. The molecule has 200 valence electrons. The normalized spacial score (nSPS) is 13.1. The molecule has 7 aromatic rings. The fourth-order valence-electron chi connectivity index (χ4n) is 6.05. The molecule has 0 saturated heterocycles. The Morgan fingerprint density at radius 1 is 0.775 bits per heavy atom. The molecule has 0 bridgehead atoms. The molecule has 0 aliphatic rings. The highest BCUT2D eigenvalue weighted by atomic mass is 15.1. The van der Waals surface area contributed by atoms with Crippen LogP contribution in [-0.2, 0) is 17.9 Å². The average molecular weight is 528 g/mol. The first-order valence-corrected chi connectivity index (χ1v) is 14.0. The Morgan fingerprint density at radius 3 is 2.15 bits per heavy atom. The predicted octanol–water partition coefficient (Wildman–Crippen LogP) is 7.27. The van der Waals surface area contributed by atoms with E-state index in [4.69, 9.17) is 15.0 Å². The van der Waals surface area contributed by atoms with E-state index in [-0.39, 0.29) is 10.8 Å². The summed E-state index contributed by atoms with van der Waals surface area (Å²) in [6, 6.07) is 11.2. The maximum atomic E-state index is 5.05. The van der Waals surface area contributed by atoms with E-state index in [2.05, 4.69) is 113 Å². The molecule has 40 heavy (non-hydrogen) atoms. The van der Waals surface area contributed by atoms with Gasteiger partial charge in [-0.2, -0.15) is 0 Å². The summed E-state index contributed by atoms with van der Waals surface area (Å²) in [5, 5.41) is 6.11. The molecular weight excluding hydrogens is 492 g/mol. The van der Waals surface area contributed by atoms with Gasteiger partial charge in [0.25, 0.3) is 0 Å². The van der Waals surface area contributed by atoms with Crippen molar-refractivity contribution in [1.29, 1.82) is 0 Å². The zero-order valence-corrected chi connectivity index (χ0v) is 24.8. The fraction of sp³-hybridized carbons (Fsp3) is 0.324. The highest BCUT2D eigenvalue weighted by Gasteiger charge is 2.28. The molecule has 0 saturated carbocycles. The first-order chi connectivity index (χ1) is 18.8.